The van der Waals surface area contributed by atoms with Crippen LogP contribution in [0.2, 0.25) is 0 Å². The number of anilines is 3. The van der Waals surface area contributed by atoms with Gasteiger partial charge < -0.3 is 16.2 Å². The fraction of sp³-hybridized carbons (Fsp3) is 0.143. The quantitative estimate of drug-likeness (QED) is 0.782. The van der Waals surface area contributed by atoms with Crippen LogP contribution < -0.4 is 11.1 Å². The van der Waals surface area contributed by atoms with Gasteiger partial charge in [-0.05, 0) is 36.2 Å². The summed E-state index contributed by atoms with van der Waals surface area (Å²) in [4.78, 5) is 14.8. The number of hydrogen-bond acceptors (Lipinski definition) is 4. The summed E-state index contributed by atoms with van der Waals surface area (Å²) in [7, 11) is 0. The minimum absolute atomic E-state index is 0.0273. The van der Waals surface area contributed by atoms with E-state index in [2.05, 4.69) is 10.3 Å². The summed E-state index contributed by atoms with van der Waals surface area (Å²) < 4.78 is 0. The van der Waals surface area contributed by atoms with E-state index in [0.717, 1.165) is 16.8 Å². The molecule has 0 spiro atoms. The number of hydrogen-bond donors (Lipinski definition) is 3. The third-order valence-electron chi connectivity index (χ3n) is 2.73. The molecule has 1 aromatic carbocycles. The second-order valence-electron chi connectivity index (χ2n) is 4.32. The average Bonchev–Trinajstić information content (AvgIpc) is 2.36. The summed E-state index contributed by atoms with van der Waals surface area (Å²) in [5.74, 6) is -0.130. The molecule has 4 N–H and O–H groups in total. The summed E-state index contributed by atoms with van der Waals surface area (Å²) in [5.41, 5.74) is 8.93. The lowest BCUT2D eigenvalue weighted by atomic mass is 10.1. The van der Waals surface area contributed by atoms with Gasteiger partial charge in [0.1, 0.15) is 5.82 Å². The number of aliphatic carboxylic acids is 1. The van der Waals surface area contributed by atoms with Gasteiger partial charge in [0.25, 0.3) is 0 Å². The Bertz CT molecular complexity index is 594. The van der Waals surface area contributed by atoms with Gasteiger partial charge in [-0.1, -0.05) is 12.1 Å². The van der Waals surface area contributed by atoms with Crippen molar-refractivity contribution in [3.63, 3.8) is 0 Å². The summed E-state index contributed by atoms with van der Waals surface area (Å²) >= 11 is 0. The van der Waals surface area contributed by atoms with Crippen molar-refractivity contribution in [2.75, 3.05) is 11.1 Å². The number of rotatable bonds is 4. The van der Waals surface area contributed by atoms with Crippen molar-refractivity contribution in [2.45, 2.75) is 13.3 Å². The van der Waals surface area contributed by atoms with E-state index in [9.17, 15) is 4.79 Å². The first-order valence-electron chi connectivity index (χ1n) is 5.84. The molecule has 2 rings (SSSR count). The second kappa shape index (κ2) is 5.39. The first kappa shape index (κ1) is 12.9. The largest absolute Gasteiger partial charge is 0.481 e. The number of aryl methyl sites for hydroxylation is 1. The SMILES string of the molecule is Cc1cc(Nc2ccc(CC(=O)O)cc2)ncc1N. The number of benzene rings is 1. The van der Waals surface area contributed by atoms with E-state index < -0.39 is 5.97 Å². The minimum Gasteiger partial charge on any atom is -0.481 e. The molecule has 0 unspecified atom stereocenters. The number of nitrogen functional groups attached to an aromatic ring is 1. The molecule has 0 atom stereocenters. The van der Waals surface area contributed by atoms with E-state index in [1.165, 1.54) is 0 Å². The summed E-state index contributed by atoms with van der Waals surface area (Å²) in [6.07, 6.45) is 1.63. The highest BCUT2D eigenvalue weighted by molar-refractivity contribution is 5.70. The predicted molar refractivity (Wildman–Crippen MR) is 74.5 cm³/mol. The number of nitrogens with zero attached hydrogens (tertiary/aromatic N) is 1. The van der Waals surface area contributed by atoms with Gasteiger partial charge >= 0.3 is 5.97 Å². The molecular weight excluding hydrogens is 242 g/mol. The van der Waals surface area contributed by atoms with Gasteiger partial charge in [0, 0.05) is 5.69 Å². The lowest BCUT2D eigenvalue weighted by molar-refractivity contribution is -0.136. The third-order valence-corrected chi connectivity index (χ3v) is 2.73. The molecule has 1 heterocycles. The van der Waals surface area contributed by atoms with E-state index in [-0.39, 0.29) is 6.42 Å². The molecule has 0 aliphatic heterocycles. The molecule has 0 saturated heterocycles. The molecule has 0 aliphatic carbocycles. The zero-order chi connectivity index (χ0) is 13.8. The third kappa shape index (κ3) is 3.45. The molecule has 5 nitrogen and oxygen atoms in total. The molecule has 0 bridgehead atoms. The van der Waals surface area contributed by atoms with Gasteiger partial charge in [-0.2, -0.15) is 0 Å². The summed E-state index contributed by atoms with van der Waals surface area (Å²) in [5, 5.41) is 11.8. The monoisotopic (exact) mass is 257 g/mol. The molecule has 2 aromatic rings. The van der Waals surface area contributed by atoms with E-state index in [1.54, 1.807) is 18.3 Å². The number of carboxylic acid groups (broad SMARTS) is 1. The Morgan fingerprint density at radius 2 is 2.05 bits per heavy atom. The van der Waals surface area contributed by atoms with Crippen molar-refractivity contribution >= 4 is 23.2 Å². The highest BCUT2D eigenvalue weighted by Crippen LogP contribution is 2.18. The molecule has 0 fully saturated rings. The molecule has 1 aromatic heterocycles. The Morgan fingerprint density at radius 3 is 2.63 bits per heavy atom. The van der Waals surface area contributed by atoms with Crippen molar-refractivity contribution < 1.29 is 9.90 Å². The fourth-order valence-corrected chi connectivity index (χ4v) is 1.66. The Balaban J connectivity index is 2.10. The number of nitrogens with one attached hydrogen (secondary N) is 1. The van der Waals surface area contributed by atoms with Gasteiger partial charge in [-0.3, -0.25) is 4.79 Å². The van der Waals surface area contributed by atoms with Crippen LogP contribution in [0.25, 0.3) is 0 Å². The standard InChI is InChI=1S/C14H15N3O2/c1-9-6-13(16-8-12(9)15)17-11-4-2-10(3-5-11)7-14(18)19/h2-6,8H,7,15H2,1H3,(H,16,17)(H,18,19). The fourth-order valence-electron chi connectivity index (χ4n) is 1.66. The number of pyridine rings is 1. The van der Waals surface area contributed by atoms with Crippen molar-refractivity contribution in [2.24, 2.45) is 0 Å². The Morgan fingerprint density at radius 1 is 1.37 bits per heavy atom. The van der Waals surface area contributed by atoms with Crippen LogP contribution in [0.3, 0.4) is 0 Å². The molecule has 0 aliphatic rings. The second-order valence-corrected chi connectivity index (χ2v) is 4.32. The van der Waals surface area contributed by atoms with Crippen molar-refractivity contribution in [1.29, 1.82) is 0 Å². The highest BCUT2D eigenvalue weighted by atomic mass is 16.4. The van der Waals surface area contributed by atoms with Gasteiger partial charge in [0.2, 0.25) is 0 Å². The molecule has 19 heavy (non-hydrogen) atoms. The van der Waals surface area contributed by atoms with Gasteiger partial charge in [0.05, 0.1) is 18.3 Å². The molecule has 5 heteroatoms. The summed E-state index contributed by atoms with van der Waals surface area (Å²) in [6, 6.07) is 9.07. The van der Waals surface area contributed by atoms with Crippen LogP contribution in [0.4, 0.5) is 17.2 Å². The number of carbonyl (C=O) groups is 1. The average molecular weight is 257 g/mol. The van der Waals surface area contributed by atoms with Crippen molar-refractivity contribution in [3.8, 4) is 0 Å². The van der Waals surface area contributed by atoms with Crippen LogP contribution in [0.1, 0.15) is 11.1 Å². The van der Waals surface area contributed by atoms with Crippen LogP contribution in [-0.4, -0.2) is 16.1 Å². The van der Waals surface area contributed by atoms with E-state index >= 15 is 0 Å². The van der Waals surface area contributed by atoms with Crippen molar-refractivity contribution in [3.05, 3.63) is 47.7 Å². The summed E-state index contributed by atoms with van der Waals surface area (Å²) in [6.45, 7) is 1.91. The number of aromatic nitrogens is 1. The zero-order valence-electron chi connectivity index (χ0n) is 10.6. The smallest absolute Gasteiger partial charge is 0.307 e. The normalized spacial score (nSPS) is 10.2. The van der Waals surface area contributed by atoms with E-state index in [1.807, 2.05) is 25.1 Å². The predicted octanol–water partition coefficient (Wildman–Crippen LogP) is 2.34. The maximum Gasteiger partial charge on any atom is 0.307 e. The topological polar surface area (TPSA) is 88.2 Å². The maximum atomic E-state index is 10.6. The number of carboxylic acids is 1. The zero-order valence-corrected chi connectivity index (χ0v) is 10.6. The maximum absolute atomic E-state index is 10.6. The molecular formula is C14H15N3O2. The van der Waals surface area contributed by atoms with Crippen molar-refractivity contribution in [1.82, 2.24) is 4.98 Å². The van der Waals surface area contributed by atoms with Gasteiger partial charge in [-0.25, -0.2) is 4.98 Å². The van der Waals surface area contributed by atoms with E-state index in [4.69, 9.17) is 10.8 Å². The van der Waals surface area contributed by atoms with Gasteiger partial charge in [0.15, 0.2) is 0 Å². The lowest BCUT2D eigenvalue weighted by Crippen LogP contribution is -2.00. The highest BCUT2D eigenvalue weighted by Gasteiger charge is 2.02. The van der Waals surface area contributed by atoms with Crippen LogP contribution >= 0.6 is 0 Å². The van der Waals surface area contributed by atoms with Crippen LogP contribution in [0.15, 0.2) is 36.5 Å². The molecule has 0 amide bonds. The Hall–Kier alpha value is -2.56. The number of nitrogens with two attached hydrogens (primary N) is 1. The molecule has 98 valence electrons. The Labute approximate surface area is 111 Å². The first-order valence-corrected chi connectivity index (χ1v) is 5.84. The van der Waals surface area contributed by atoms with Crippen LogP contribution in [-0.2, 0) is 11.2 Å². The lowest BCUT2D eigenvalue weighted by Gasteiger charge is -2.08. The minimum atomic E-state index is -0.837. The molecule has 0 radical (unpaired) electrons. The van der Waals surface area contributed by atoms with Crippen LogP contribution in [0.5, 0.6) is 0 Å². The first-order chi connectivity index (χ1) is 9.04. The molecule has 0 saturated carbocycles. The van der Waals surface area contributed by atoms with Crippen LogP contribution in [0, 0.1) is 6.92 Å². The van der Waals surface area contributed by atoms with E-state index in [0.29, 0.717) is 11.5 Å². The Kier molecular flexibility index (Phi) is 3.66. The van der Waals surface area contributed by atoms with Gasteiger partial charge in [-0.15, -0.1) is 0 Å².